The molecule has 1 fully saturated rings. The van der Waals surface area contributed by atoms with E-state index < -0.39 is 0 Å². The molecule has 1 aliphatic rings. The van der Waals surface area contributed by atoms with Crippen LogP contribution < -0.4 is 5.32 Å². The summed E-state index contributed by atoms with van der Waals surface area (Å²) < 4.78 is 2.19. The van der Waals surface area contributed by atoms with Crippen LogP contribution in [0.2, 0.25) is 0 Å². The van der Waals surface area contributed by atoms with Crippen LogP contribution >= 0.6 is 0 Å². The molecule has 0 amide bonds. The van der Waals surface area contributed by atoms with Crippen molar-refractivity contribution >= 4 is 5.65 Å². The van der Waals surface area contributed by atoms with E-state index in [0.29, 0.717) is 0 Å². The molecular formula is C14H19N3. The molecule has 0 bridgehead atoms. The minimum absolute atomic E-state index is 0.757. The first-order valence-electron chi connectivity index (χ1n) is 6.48. The summed E-state index contributed by atoms with van der Waals surface area (Å²) in [4.78, 5) is 4.74. The maximum atomic E-state index is 4.74. The Balaban J connectivity index is 1.87. The molecule has 90 valence electrons. The molecule has 3 rings (SSSR count). The number of hydrogen-bond donors (Lipinski definition) is 1. The molecule has 1 atom stereocenters. The van der Waals surface area contributed by atoms with E-state index in [1.54, 1.807) is 0 Å². The first-order chi connectivity index (χ1) is 8.34. The monoisotopic (exact) mass is 229 g/mol. The SMILES string of the molecule is Cc1c(CC2CCCNC2)nc2ccccn12. The van der Waals surface area contributed by atoms with Gasteiger partial charge in [0, 0.05) is 11.9 Å². The molecule has 2 aromatic rings. The van der Waals surface area contributed by atoms with Crippen LogP contribution in [0.15, 0.2) is 24.4 Å². The lowest BCUT2D eigenvalue weighted by Crippen LogP contribution is -2.31. The van der Waals surface area contributed by atoms with Gasteiger partial charge in [0.05, 0.1) is 5.69 Å². The quantitative estimate of drug-likeness (QED) is 0.855. The zero-order chi connectivity index (χ0) is 11.7. The second-order valence-corrected chi connectivity index (χ2v) is 4.99. The van der Waals surface area contributed by atoms with Crippen LogP contribution in [-0.2, 0) is 6.42 Å². The van der Waals surface area contributed by atoms with Crippen molar-refractivity contribution in [3.05, 3.63) is 35.8 Å². The van der Waals surface area contributed by atoms with Crippen molar-refractivity contribution in [3.63, 3.8) is 0 Å². The number of imidazole rings is 1. The van der Waals surface area contributed by atoms with Gasteiger partial charge in [-0.3, -0.25) is 0 Å². The van der Waals surface area contributed by atoms with Crippen molar-refractivity contribution in [1.29, 1.82) is 0 Å². The Morgan fingerprint density at radius 3 is 3.18 bits per heavy atom. The molecule has 1 aliphatic heterocycles. The van der Waals surface area contributed by atoms with E-state index in [1.165, 1.54) is 30.8 Å². The predicted octanol–water partition coefficient (Wildman–Crippen LogP) is 2.18. The summed E-state index contributed by atoms with van der Waals surface area (Å²) in [7, 11) is 0. The Labute approximate surface area is 102 Å². The van der Waals surface area contributed by atoms with Crippen LogP contribution in [0.25, 0.3) is 5.65 Å². The Bertz CT molecular complexity index is 509. The number of nitrogens with zero attached hydrogens (tertiary/aromatic N) is 2. The van der Waals surface area contributed by atoms with Crippen LogP contribution in [0.1, 0.15) is 24.2 Å². The van der Waals surface area contributed by atoms with Gasteiger partial charge in [0.2, 0.25) is 0 Å². The zero-order valence-corrected chi connectivity index (χ0v) is 10.3. The molecule has 0 saturated carbocycles. The molecule has 0 spiro atoms. The van der Waals surface area contributed by atoms with E-state index in [0.717, 1.165) is 24.5 Å². The molecule has 3 heteroatoms. The van der Waals surface area contributed by atoms with Gasteiger partial charge in [-0.2, -0.15) is 0 Å². The summed E-state index contributed by atoms with van der Waals surface area (Å²) in [5.74, 6) is 0.757. The molecule has 1 saturated heterocycles. The van der Waals surface area contributed by atoms with Gasteiger partial charge >= 0.3 is 0 Å². The third kappa shape index (κ3) is 2.07. The highest BCUT2D eigenvalue weighted by Gasteiger charge is 2.17. The number of rotatable bonds is 2. The number of piperidine rings is 1. The Morgan fingerprint density at radius 1 is 1.47 bits per heavy atom. The maximum Gasteiger partial charge on any atom is 0.137 e. The molecule has 3 heterocycles. The number of aromatic nitrogens is 2. The van der Waals surface area contributed by atoms with Gasteiger partial charge in [0.25, 0.3) is 0 Å². The first-order valence-corrected chi connectivity index (χ1v) is 6.48. The fourth-order valence-electron chi connectivity index (χ4n) is 2.73. The topological polar surface area (TPSA) is 29.3 Å². The van der Waals surface area contributed by atoms with Crippen LogP contribution in [0.3, 0.4) is 0 Å². The lowest BCUT2D eigenvalue weighted by Gasteiger charge is -2.22. The lowest BCUT2D eigenvalue weighted by molar-refractivity contribution is 0.373. The second kappa shape index (κ2) is 4.49. The highest BCUT2D eigenvalue weighted by Crippen LogP contribution is 2.19. The Kier molecular flexibility index (Phi) is 2.85. The number of fused-ring (bicyclic) bond motifs is 1. The van der Waals surface area contributed by atoms with E-state index in [-0.39, 0.29) is 0 Å². The minimum atomic E-state index is 0.757. The van der Waals surface area contributed by atoms with E-state index >= 15 is 0 Å². The fourth-order valence-corrected chi connectivity index (χ4v) is 2.73. The van der Waals surface area contributed by atoms with Gasteiger partial charge in [-0.1, -0.05) is 6.07 Å². The smallest absolute Gasteiger partial charge is 0.137 e. The van der Waals surface area contributed by atoms with Crippen molar-refractivity contribution in [2.75, 3.05) is 13.1 Å². The van der Waals surface area contributed by atoms with Crippen LogP contribution in [-0.4, -0.2) is 22.5 Å². The van der Waals surface area contributed by atoms with Crippen molar-refractivity contribution < 1.29 is 0 Å². The van der Waals surface area contributed by atoms with Crippen LogP contribution in [0, 0.1) is 12.8 Å². The minimum Gasteiger partial charge on any atom is -0.316 e. The summed E-state index contributed by atoms with van der Waals surface area (Å²) >= 11 is 0. The van der Waals surface area contributed by atoms with Crippen molar-refractivity contribution in [3.8, 4) is 0 Å². The van der Waals surface area contributed by atoms with Crippen molar-refractivity contribution in [1.82, 2.24) is 14.7 Å². The van der Waals surface area contributed by atoms with Gasteiger partial charge in [-0.15, -0.1) is 0 Å². The summed E-state index contributed by atoms with van der Waals surface area (Å²) in [6.45, 7) is 4.50. The normalized spacial score (nSPS) is 20.9. The highest BCUT2D eigenvalue weighted by atomic mass is 15.0. The summed E-state index contributed by atoms with van der Waals surface area (Å²) in [6, 6.07) is 6.19. The molecule has 17 heavy (non-hydrogen) atoms. The first kappa shape index (κ1) is 10.8. The predicted molar refractivity (Wildman–Crippen MR) is 69.2 cm³/mol. The largest absolute Gasteiger partial charge is 0.316 e. The second-order valence-electron chi connectivity index (χ2n) is 4.99. The molecule has 0 aliphatic carbocycles. The molecule has 0 aromatic carbocycles. The maximum absolute atomic E-state index is 4.74. The molecule has 1 N–H and O–H groups in total. The van der Waals surface area contributed by atoms with Crippen molar-refractivity contribution in [2.45, 2.75) is 26.2 Å². The van der Waals surface area contributed by atoms with Crippen molar-refractivity contribution in [2.24, 2.45) is 5.92 Å². The van der Waals surface area contributed by atoms with E-state index in [4.69, 9.17) is 4.98 Å². The van der Waals surface area contributed by atoms with Crippen LogP contribution in [0.5, 0.6) is 0 Å². The average molecular weight is 229 g/mol. The molecular weight excluding hydrogens is 210 g/mol. The van der Waals surface area contributed by atoms with Gasteiger partial charge in [0.1, 0.15) is 5.65 Å². The highest BCUT2D eigenvalue weighted by molar-refractivity contribution is 5.42. The van der Waals surface area contributed by atoms with E-state index in [2.05, 4.69) is 35.0 Å². The molecule has 1 unspecified atom stereocenters. The Hall–Kier alpha value is -1.35. The van der Waals surface area contributed by atoms with Gasteiger partial charge < -0.3 is 9.72 Å². The van der Waals surface area contributed by atoms with E-state index in [1.807, 2.05) is 6.07 Å². The van der Waals surface area contributed by atoms with Gasteiger partial charge in [0.15, 0.2) is 0 Å². The van der Waals surface area contributed by atoms with Gasteiger partial charge in [-0.05, 0) is 57.3 Å². The molecule has 0 radical (unpaired) electrons. The lowest BCUT2D eigenvalue weighted by atomic mass is 9.94. The number of nitrogens with one attached hydrogen (secondary N) is 1. The van der Waals surface area contributed by atoms with Crippen LogP contribution in [0.4, 0.5) is 0 Å². The standard InChI is InChI=1S/C14H19N3/c1-11-13(9-12-5-4-7-15-10-12)16-14-6-2-3-8-17(11)14/h2-3,6,8,12,15H,4-5,7,9-10H2,1H3. The Morgan fingerprint density at radius 2 is 2.41 bits per heavy atom. The van der Waals surface area contributed by atoms with Gasteiger partial charge in [-0.25, -0.2) is 4.98 Å². The summed E-state index contributed by atoms with van der Waals surface area (Å²) in [6.07, 6.45) is 5.85. The third-order valence-electron chi connectivity index (χ3n) is 3.75. The average Bonchev–Trinajstić information content (AvgIpc) is 2.68. The molecule has 2 aromatic heterocycles. The molecule has 3 nitrogen and oxygen atoms in total. The fraction of sp³-hybridized carbons (Fsp3) is 0.500. The summed E-state index contributed by atoms with van der Waals surface area (Å²) in [5, 5.41) is 3.47. The number of hydrogen-bond acceptors (Lipinski definition) is 2. The van der Waals surface area contributed by atoms with E-state index in [9.17, 15) is 0 Å². The zero-order valence-electron chi connectivity index (χ0n) is 10.3. The third-order valence-corrected chi connectivity index (χ3v) is 3.75. The number of aryl methyl sites for hydroxylation is 1. The number of pyridine rings is 1. The summed E-state index contributed by atoms with van der Waals surface area (Å²) in [5.41, 5.74) is 3.64.